The lowest BCUT2D eigenvalue weighted by molar-refractivity contribution is -0.670. The van der Waals surface area contributed by atoms with Crippen molar-refractivity contribution in [3.05, 3.63) is 144 Å². The van der Waals surface area contributed by atoms with Gasteiger partial charge in [0.05, 0.1) is 21.1 Å². The lowest BCUT2D eigenvalue weighted by Gasteiger charge is -2.42. The number of aromatic nitrogens is 6. The van der Waals surface area contributed by atoms with Gasteiger partial charge >= 0.3 is 0 Å². The van der Waals surface area contributed by atoms with Gasteiger partial charge in [-0.15, -0.1) is 0 Å². The third-order valence-electron chi connectivity index (χ3n) is 8.28. The predicted molar refractivity (Wildman–Crippen MR) is 143 cm³/mol. The fourth-order valence-electron chi connectivity index (χ4n) is 6.52. The Hall–Kier alpha value is -4.71. The molecule has 3 heterocycles. The van der Waals surface area contributed by atoms with Crippen molar-refractivity contribution in [1.82, 2.24) is 13.7 Å². The van der Waals surface area contributed by atoms with Gasteiger partial charge in [-0.2, -0.15) is 0 Å². The van der Waals surface area contributed by atoms with Crippen molar-refractivity contribution >= 4 is 0 Å². The molecule has 3 aliphatic carbocycles. The zero-order valence-corrected chi connectivity index (χ0v) is 21.7. The van der Waals surface area contributed by atoms with E-state index < -0.39 is 0 Å². The highest BCUT2D eigenvalue weighted by Crippen LogP contribution is 2.56. The SMILES string of the molecule is C[n+]1ccn(-c2ccc3c(c2)C2c4ccc(-n5cc[n+](C)c5)cc4C3c3cc(-n4cc[n+](C)c4)ccc32)c1. The van der Waals surface area contributed by atoms with Crippen molar-refractivity contribution < 1.29 is 13.7 Å². The average Bonchev–Trinajstić information content (AvgIpc) is 3.68. The number of imidazole rings is 3. The first kappa shape index (κ1) is 21.4. The van der Waals surface area contributed by atoms with E-state index in [9.17, 15) is 0 Å². The molecule has 0 unspecified atom stereocenters. The standard InChI is InChI=1S/C32H29N6/c1-33-10-13-36(19-33)22-6-9-27-28(16-22)31-25-7-4-23(37-14-11-34(2)20-37)17-29(25)32(27)30-18-24(5-8-26(30)31)38-15-12-35(3)21-38/h4-21,31-32H,1-3H3/q+3. The van der Waals surface area contributed by atoms with Crippen LogP contribution >= 0.6 is 0 Å². The van der Waals surface area contributed by atoms with Crippen LogP contribution in [0.4, 0.5) is 0 Å². The van der Waals surface area contributed by atoms with Crippen LogP contribution in [0.5, 0.6) is 0 Å². The number of benzene rings is 3. The van der Waals surface area contributed by atoms with E-state index in [1.54, 1.807) is 0 Å². The van der Waals surface area contributed by atoms with Crippen molar-refractivity contribution in [3.63, 3.8) is 0 Å². The van der Waals surface area contributed by atoms with Gasteiger partial charge in [0.15, 0.2) is 0 Å². The molecule has 0 N–H and O–H groups in total. The van der Waals surface area contributed by atoms with Gasteiger partial charge in [-0.1, -0.05) is 18.2 Å². The van der Waals surface area contributed by atoms with E-state index in [0.717, 1.165) is 0 Å². The van der Waals surface area contributed by atoms with Crippen molar-refractivity contribution in [1.29, 1.82) is 0 Å². The molecule has 3 aromatic heterocycles. The minimum Gasteiger partial charge on any atom is -0.239 e. The first-order chi connectivity index (χ1) is 18.5. The van der Waals surface area contributed by atoms with E-state index in [0.29, 0.717) is 0 Å². The molecule has 2 bridgehead atoms. The molecule has 0 spiro atoms. The molecule has 0 radical (unpaired) electrons. The number of hydrogen-bond acceptors (Lipinski definition) is 0. The third-order valence-corrected chi connectivity index (χ3v) is 8.28. The van der Waals surface area contributed by atoms with Gasteiger partial charge in [-0.3, -0.25) is 0 Å². The highest BCUT2D eigenvalue weighted by Gasteiger charge is 2.42. The Kier molecular flexibility index (Phi) is 4.30. The second-order valence-corrected chi connectivity index (χ2v) is 10.8. The van der Waals surface area contributed by atoms with Crippen LogP contribution in [0.1, 0.15) is 45.2 Å². The molecule has 0 amide bonds. The molecular weight excluding hydrogens is 468 g/mol. The van der Waals surface area contributed by atoms with Crippen LogP contribution in [0.15, 0.2) is 111 Å². The number of nitrogens with zero attached hydrogens (tertiary/aromatic N) is 6. The molecule has 3 aromatic carbocycles. The van der Waals surface area contributed by atoms with E-state index >= 15 is 0 Å². The monoisotopic (exact) mass is 497 g/mol. The zero-order chi connectivity index (χ0) is 25.5. The van der Waals surface area contributed by atoms with Gasteiger partial charge in [-0.25, -0.2) is 27.4 Å². The summed E-state index contributed by atoms with van der Waals surface area (Å²) in [7, 11) is 6.19. The first-order valence-electron chi connectivity index (χ1n) is 13.1. The van der Waals surface area contributed by atoms with Gasteiger partial charge in [0.2, 0.25) is 19.0 Å². The summed E-state index contributed by atoms with van der Waals surface area (Å²) in [5.41, 5.74) is 12.1. The molecule has 0 atom stereocenters. The smallest absolute Gasteiger partial charge is 0.239 e. The number of hydrogen-bond donors (Lipinski definition) is 0. The summed E-state index contributed by atoms with van der Waals surface area (Å²) in [6.07, 6.45) is 19.0. The molecule has 0 fully saturated rings. The van der Waals surface area contributed by atoms with Crippen molar-refractivity contribution in [2.45, 2.75) is 11.8 Å². The number of rotatable bonds is 3. The zero-order valence-electron chi connectivity index (χ0n) is 21.7. The fraction of sp³-hybridized carbons (Fsp3) is 0.156. The van der Waals surface area contributed by atoms with Crippen LogP contribution in [0.2, 0.25) is 0 Å². The van der Waals surface area contributed by atoms with Crippen LogP contribution in [0.3, 0.4) is 0 Å². The van der Waals surface area contributed by atoms with Crippen LogP contribution in [-0.2, 0) is 21.1 Å². The maximum atomic E-state index is 2.40. The molecule has 0 aliphatic heterocycles. The van der Waals surface area contributed by atoms with E-state index in [4.69, 9.17) is 0 Å². The summed E-state index contributed by atoms with van der Waals surface area (Å²) in [5, 5.41) is 0. The van der Waals surface area contributed by atoms with Crippen molar-refractivity contribution in [3.8, 4) is 17.1 Å². The van der Waals surface area contributed by atoms with E-state index in [1.165, 1.54) is 50.4 Å². The normalized spacial score (nSPS) is 16.8. The second kappa shape index (κ2) is 7.65. The molecule has 6 heteroatoms. The molecule has 6 nitrogen and oxygen atoms in total. The Morgan fingerprint density at radius 2 is 0.763 bits per heavy atom. The maximum absolute atomic E-state index is 2.40. The maximum Gasteiger partial charge on any atom is 0.248 e. The quantitative estimate of drug-likeness (QED) is 0.334. The Morgan fingerprint density at radius 3 is 1.05 bits per heavy atom. The molecule has 0 saturated heterocycles. The second-order valence-electron chi connectivity index (χ2n) is 10.8. The highest BCUT2D eigenvalue weighted by atomic mass is 15.1. The Bertz CT molecular complexity index is 1790. The van der Waals surface area contributed by atoms with Crippen LogP contribution < -0.4 is 13.7 Å². The van der Waals surface area contributed by atoms with Crippen LogP contribution in [0.25, 0.3) is 17.1 Å². The van der Waals surface area contributed by atoms with Gasteiger partial charge in [0.25, 0.3) is 0 Å². The van der Waals surface area contributed by atoms with Crippen LogP contribution in [-0.4, -0.2) is 13.7 Å². The minimum atomic E-state index is 0.198. The summed E-state index contributed by atoms with van der Waals surface area (Å²) in [6.45, 7) is 0. The molecule has 184 valence electrons. The molecule has 3 aliphatic rings. The summed E-state index contributed by atoms with van der Waals surface area (Å²) in [5.74, 6) is 0.414. The van der Waals surface area contributed by atoms with Gasteiger partial charge < -0.3 is 0 Å². The average molecular weight is 498 g/mol. The molecule has 0 saturated carbocycles. The van der Waals surface area contributed by atoms with E-state index in [1.807, 2.05) is 0 Å². The Morgan fingerprint density at radius 1 is 0.447 bits per heavy atom. The third kappa shape index (κ3) is 3.03. The molecule has 6 aromatic rings. The lowest BCUT2D eigenvalue weighted by Crippen LogP contribution is -2.28. The molecular formula is C32H29N6+3. The number of aryl methyl sites for hydroxylation is 3. The van der Waals surface area contributed by atoms with Crippen molar-refractivity contribution in [2.24, 2.45) is 21.1 Å². The largest absolute Gasteiger partial charge is 0.248 e. The topological polar surface area (TPSA) is 26.4 Å². The Labute approximate surface area is 221 Å². The molecule has 9 rings (SSSR count). The fourth-order valence-corrected chi connectivity index (χ4v) is 6.52. The minimum absolute atomic E-state index is 0.198. The highest BCUT2D eigenvalue weighted by molar-refractivity contribution is 5.71. The predicted octanol–water partition coefficient (Wildman–Crippen LogP) is 3.52. The molecule has 38 heavy (non-hydrogen) atoms. The summed E-state index contributed by atoms with van der Waals surface area (Å²) >= 11 is 0. The van der Waals surface area contributed by atoms with Gasteiger partial charge in [0, 0.05) is 11.8 Å². The van der Waals surface area contributed by atoms with E-state index in [-0.39, 0.29) is 11.8 Å². The first-order valence-corrected chi connectivity index (χ1v) is 13.1. The van der Waals surface area contributed by atoms with Crippen molar-refractivity contribution in [2.75, 3.05) is 0 Å². The Balaban J connectivity index is 1.34. The summed E-state index contributed by atoms with van der Waals surface area (Å²) < 4.78 is 12.9. The lowest BCUT2D eigenvalue weighted by atomic mass is 9.61. The summed E-state index contributed by atoms with van der Waals surface area (Å²) in [4.78, 5) is 0. The van der Waals surface area contributed by atoms with Gasteiger partial charge in [0.1, 0.15) is 54.2 Å². The van der Waals surface area contributed by atoms with E-state index in [2.05, 4.69) is 159 Å². The summed E-state index contributed by atoms with van der Waals surface area (Å²) in [6, 6.07) is 21.1. The van der Waals surface area contributed by atoms with Gasteiger partial charge in [-0.05, 0) is 69.8 Å². The van der Waals surface area contributed by atoms with Crippen LogP contribution in [0, 0.1) is 0 Å².